The molecule has 3 heterocycles. The van der Waals surface area contributed by atoms with Crippen LogP contribution in [0, 0.1) is 18.8 Å². The van der Waals surface area contributed by atoms with E-state index < -0.39 is 0 Å². The Kier molecular flexibility index (Phi) is 4.87. The van der Waals surface area contributed by atoms with Gasteiger partial charge in [0.05, 0.1) is 11.8 Å². The average Bonchev–Trinajstić information content (AvgIpc) is 3.13. The number of likely N-dealkylation sites (tertiary alicyclic amines) is 2. The van der Waals surface area contributed by atoms with Crippen LogP contribution in [-0.2, 0) is 9.59 Å². The summed E-state index contributed by atoms with van der Waals surface area (Å²) >= 11 is 0. The molecular weight excluding hydrogens is 308 g/mol. The van der Waals surface area contributed by atoms with Gasteiger partial charge in [-0.05, 0) is 25.7 Å². The third-order valence-corrected chi connectivity index (χ3v) is 4.77. The quantitative estimate of drug-likeness (QED) is 0.835. The number of carbonyl (C=O) groups is 2. The van der Waals surface area contributed by atoms with Crippen LogP contribution < -0.4 is 0 Å². The lowest BCUT2D eigenvalue weighted by Gasteiger charge is -2.32. The summed E-state index contributed by atoms with van der Waals surface area (Å²) in [4.78, 5) is 33.0. The summed E-state index contributed by atoms with van der Waals surface area (Å²) in [5.41, 5.74) is 0. The molecule has 1 aromatic rings. The second-order valence-corrected chi connectivity index (χ2v) is 7.40. The van der Waals surface area contributed by atoms with E-state index in [1.807, 2.05) is 9.80 Å². The van der Waals surface area contributed by atoms with Crippen LogP contribution in [0.4, 0.5) is 0 Å². The van der Waals surface area contributed by atoms with Crippen molar-refractivity contribution in [2.45, 2.75) is 46.0 Å². The van der Waals surface area contributed by atoms with Gasteiger partial charge in [-0.25, -0.2) is 0 Å². The van der Waals surface area contributed by atoms with Crippen LogP contribution in [0.25, 0.3) is 0 Å². The summed E-state index contributed by atoms with van der Waals surface area (Å²) < 4.78 is 5.27. The van der Waals surface area contributed by atoms with Crippen molar-refractivity contribution in [2.75, 3.05) is 26.2 Å². The number of piperidine rings is 1. The molecule has 0 aromatic carbocycles. The number of nitrogens with zero attached hydrogens (tertiary/aromatic N) is 4. The Morgan fingerprint density at radius 1 is 1.38 bits per heavy atom. The zero-order valence-electron chi connectivity index (χ0n) is 14.7. The molecule has 7 nitrogen and oxygen atoms in total. The molecule has 0 radical (unpaired) electrons. The Morgan fingerprint density at radius 3 is 2.83 bits per heavy atom. The molecule has 2 aliphatic heterocycles. The molecule has 2 atom stereocenters. The van der Waals surface area contributed by atoms with Gasteiger partial charge in [0, 0.05) is 32.6 Å². The predicted molar refractivity (Wildman–Crippen MR) is 87.1 cm³/mol. The van der Waals surface area contributed by atoms with Crippen molar-refractivity contribution >= 4 is 11.8 Å². The minimum atomic E-state index is -0.209. The lowest BCUT2D eigenvalue weighted by atomic mass is 9.96. The van der Waals surface area contributed by atoms with Crippen LogP contribution in [0.1, 0.15) is 50.7 Å². The van der Waals surface area contributed by atoms with Gasteiger partial charge in [-0.2, -0.15) is 4.98 Å². The number of aryl methyl sites for hydroxylation is 1. The van der Waals surface area contributed by atoms with E-state index in [0.717, 1.165) is 25.9 Å². The Morgan fingerprint density at radius 2 is 2.17 bits per heavy atom. The smallest absolute Gasteiger partial charge is 0.231 e. The third-order valence-electron chi connectivity index (χ3n) is 4.77. The number of hydrogen-bond acceptors (Lipinski definition) is 5. The highest BCUT2D eigenvalue weighted by molar-refractivity contribution is 5.89. The summed E-state index contributed by atoms with van der Waals surface area (Å²) in [6, 6.07) is 0. The number of hydrogen-bond donors (Lipinski definition) is 0. The fourth-order valence-electron chi connectivity index (χ4n) is 3.67. The lowest BCUT2D eigenvalue weighted by molar-refractivity contribution is -0.137. The zero-order valence-corrected chi connectivity index (χ0v) is 14.7. The molecule has 2 aliphatic rings. The summed E-state index contributed by atoms with van der Waals surface area (Å²) in [6.07, 6.45) is 2.22. The largest absolute Gasteiger partial charge is 0.342 e. The SMILES string of the molecule is Cc1noc([C@H]2CCCN(C(=O)[C@@H]3CC(=O)N(CC(C)C)C3)C2)n1. The number of aromatic nitrogens is 2. The molecular formula is C17H26N4O3. The molecule has 2 amide bonds. The van der Waals surface area contributed by atoms with E-state index in [1.54, 1.807) is 6.92 Å². The lowest BCUT2D eigenvalue weighted by Crippen LogP contribution is -2.43. The number of carbonyl (C=O) groups excluding carboxylic acids is 2. The van der Waals surface area contributed by atoms with Crippen LogP contribution >= 0.6 is 0 Å². The van der Waals surface area contributed by atoms with Crippen LogP contribution in [-0.4, -0.2) is 57.9 Å². The van der Waals surface area contributed by atoms with Gasteiger partial charge in [-0.1, -0.05) is 19.0 Å². The summed E-state index contributed by atoms with van der Waals surface area (Å²) in [5, 5.41) is 3.85. The molecule has 7 heteroatoms. The molecule has 3 rings (SSSR count). The summed E-state index contributed by atoms with van der Waals surface area (Å²) in [5.74, 6) is 1.75. The molecule has 0 N–H and O–H groups in total. The molecule has 1 aromatic heterocycles. The van der Waals surface area contributed by atoms with Crippen molar-refractivity contribution in [3.63, 3.8) is 0 Å². The molecule has 2 saturated heterocycles. The van der Waals surface area contributed by atoms with Gasteiger partial charge < -0.3 is 14.3 Å². The maximum atomic E-state index is 12.8. The predicted octanol–water partition coefficient (Wildman–Crippen LogP) is 1.59. The Bertz CT molecular complexity index is 613. The van der Waals surface area contributed by atoms with E-state index in [-0.39, 0.29) is 23.7 Å². The van der Waals surface area contributed by atoms with Crippen molar-refractivity contribution in [3.8, 4) is 0 Å². The standard InChI is InChI=1S/C17H26N4O3/c1-11(2)8-21-10-14(7-15(21)22)17(23)20-6-4-5-13(9-20)16-18-12(3)19-24-16/h11,13-14H,4-10H2,1-3H3/t13-,14+/m0/s1. The maximum Gasteiger partial charge on any atom is 0.231 e. The van der Waals surface area contributed by atoms with E-state index in [1.165, 1.54) is 0 Å². The van der Waals surface area contributed by atoms with Gasteiger partial charge in [0.2, 0.25) is 17.7 Å². The van der Waals surface area contributed by atoms with Gasteiger partial charge in [-0.15, -0.1) is 0 Å². The molecule has 132 valence electrons. The fraction of sp³-hybridized carbons (Fsp3) is 0.765. The molecule has 2 fully saturated rings. The monoisotopic (exact) mass is 334 g/mol. The highest BCUT2D eigenvalue weighted by Gasteiger charge is 2.38. The van der Waals surface area contributed by atoms with Crippen LogP contribution in [0.2, 0.25) is 0 Å². The van der Waals surface area contributed by atoms with Gasteiger partial charge in [0.1, 0.15) is 0 Å². The first-order chi connectivity index (χ1) is 11.4. The minimum absolute atomic E-state index is 0.0931. The molecule has 0 spiro atoms. The maximum absolute atomic E-state index is 12.8. The van der Waals surface area contributed by atoms with Gasteiger partial charge >= 0.3 is 0 Å². The number of amides is 2. The second kappa shape index (κ2) is 6.91. The van der Waals surface area contributed by atoms with Gasteiger partial charge in [0.15, 0.2) is 5.82 Å². The topological polar surface area (TPSA) is 79.5 Å². The fourth-order valence-corrected chi connectivity index (χ4v) is 3.67. The Labute approximate surface area is 142 Å². The first-order valence-electron chi connectivity index (χ1n) is 8.80. The molecule has 0 unspecified atom stereocenters. The first kappa shape index (κ1) is 16.9. The van der Waals surface area contributed by atoms with Crippen LogP contribution in [0.5, 0.6) is 0 Å². The average molecular weight is 334 g/mol. The van der Waals surface area contributed by atoms with Crippen molar-refractivity contribution < 1.29 is 14.1 Å². The first-order valence-corrected chi connectivity index (χ1v) is 8.80. The van der Waals surface area contributed by atoms with E-state index in [4.69, 9.17) is 4.52 Å². The highest BCUT2D eigenvalue weighted by Crippen LogP contribution is 2.28. The van der Waals surface area contributed by atoms with Crippen LogP contribution in [0.15, 0.2) is 4.52 Å². The number of rotatable bonds is 4. The van der Waals surface area contributed by atoms with Gasteiger partial charge in [0.25, 0.3) is 0 Å². The normalized spacial score (nSPS) is 24.9. The molecule has 0 bridgehead atoms. The van der Waals surface area contributed by atoms with E-state index in [0.29, 0.717) is 37.1 Å². The van der Waals surface area contributed by atoms with E-state index in [9.17, 15) is 9.59 Å². The second-order valence-electron chi connectivity index (χ2n) is 7.40. The van der Waals surface area contributed by atoms with E-state index in [2.05, 4.69) is 24.0 Å². The van der Waals surface area contributed by atoms with Crippen molar-refractivity contribution in [2.24, 2.45) is 11.8 Å². The molecule has 24 heavy (non-hydrogen) atoms. The zero-order chi connectivity index (χ0) is 17.3. The van der Waals surface area contributed by atoms with Crippen molar-refractivity contribution in [1.29, 1.82) is 0 Å². The summed E-state index contributed by atoms with van der Waals surface area (Å²) in [7, 11) is 0. The van der Waals surface area contributed by atoms with E-state index >= 15 is 0 Å². The Balaban J connectivity index is 1.61. The van der Waals surface area contributed by atoms with Crippen molar-refractivity contribution in [1.82, 2.24) is 19.9 Å². The summed E-state index contributed by atoms with van der Waals surface area (Å²) in [6.45, 7) is 8.61. The van der Waals surface area contributed by atoms with Crippen LogP contribution in [0.3, 0.4) is 0 Å². The van der Waals surface area contributed by atoms with Gasteiger partial charge in [-0.3, -0.25) is 9.59 Å². The highest BCUT2D eigenvalue weighted by atomic mass is 16.5. The van der Waals surface area contributed by atoms with Crippen molar-refractivity contribution in [3.05, 3.63) is 11.7 Å². The third kappa shape index (κ3) is 3.60. The minimum Gasteiger partial charge on any atom is -0.342 e. The Hall–Kier alpha value is -1.92. The molecule has 0 aliphatic carbocycles. The molecule has 0 saturated carbocycles.